The van der Waals surface area contributed by atoms with Crippen LogP contribution in [-0.4, -0.2) is 28.9 Å². The number of aromatic nitrogens is 1. The van der Waals surface area contributed by atoms with Crippen LogP contribution in [0.5, 0.6) is 5.75 Å². The summed E-state index contributed by atoms with van der Waals surface area (Å²) in [5, 5.41) is 4.75. The normalized spacial score (nSPS) is 18.4. The third-order valence-corrected chi connectivity index (χ3v) is 5.57. The quantitative estimate of drug-likeness (QED) is 0.849. The third-order valence-electron chi connectivity index (χ3n) is 4.39. The highest BCUT2D eigenvalue weighted by molar-refractivity contribution is 8.04. The Balaban J connectivity index is 1.72. The fraction of sp³-hybridized carbons (Fsp3) is 0.211. The number of anilines is 1. The van der Waals surface area contributed by atoms with Crippen molar-refractivity contribution in [1.29, 1.82) is 0 Å². The second kappa shape index (κ2) is 6.96. The monoisotopic (exact) mass is 382 g/mol. The molecule has 2 N–H and O–H groups in total. The Bertz CT molecular complexity index is 945. The summed E-state index contributed by atoms with van der Waals surface area (Å²) in [5.41, 5.74) is 5.15. The lowest BCUT2D eigenvalue weighted by molar-refractivity contribution is -0.141. The number of hydrogen-bond donors (Lipinski definition) is 2. The molecule has 0 saturated carbocycles. The van der Waals surface area contributed by atoms with Gasteiger partial charge in [0.25, 0.3) is 5.91 Å². The molecular formula is C19H18N4O3S. The average molecular weight is 382 g/mol. The molecule has 2 aliphatic rings. The second-order valence-corrected chi connectivity index (χ2v) is 7.27. The first-order valence-electron chi connectivity index (χ1n) is 8.44. The van der Waals surface area contributed by atoms with Crippen molar-refractivity contribution in [3.8, 4) is 5.75 Å². The number of thioether (sulfide) groups is 1. The fourth-order valence-electron chi connectivity index (χ4n) is 3.17. The van der Waals surface area contributed by atoms with Crippen LogP contribution in [0.3, 0.4) is 0 Å². The van der Waals surface area contributed by atoms with E-state index in [0.29, 0.717) is 11.3 Å². The summed E-state index contributed by atoms with van der Waals surface area (Å²) in [4.78, 5) is 30.7. The summed E-state index contributed by atoms with van der Waals surface area (Å²) < 4.78 is 5.27. The van der Waals surface area contributed by atoms with E-state index in [-0.39, 0.29) is 17.9 Å². The minimum Gasteiger partial charge on any atom is -0.497 e. The van der Waals surface area contributed by atoms with Crippen molar-refractivity contribution in [1.82, 2.24) is 15.4 Å². The van der Waals surface area contributed by atoms with E-state index in [0.717, 1.165) is 27.7 Å². The number of rotatable bonds is 3. The number of nitrogens with zero attached hydrogens (tertiary/aromatic N) is 2. The zero-order valence-electron chi connectivity index (χ0n) is 14.9. The summed E-state index contributed by atoms with van der Waals surface area (Å²) in [7, 11) is 1.61. The van der Waals surface area contributed by atoms with Crippen LogP contribution in [0.25, 0.3) is 0 Å². The predicted octanol–water partition coefficient (Wildman–Crippen LogP) is 2.84. The highest BCUT2D eigenvalue weighted by Gasteiger charge is 2.39. The van der Waals surface area contributed by atoms with Gasteiger partial charge in [-0.25, -0.2) is 5.01 Å². The van der Waals surface area contributed by atoms with Crippen LogP contribution in [-0.2, 0) is 9.59 Å². The number of pyridine rings is 1. The van der Waals surface area contributed by atoms with Gasteiger partial charge in [0.2, 0.25) is 5.91 Å². The van der Waals surface area contributed by atoms with Gasteiger partial charge in [-0.1, -0.05) is 17.8 Å². The van der Waals surface area contributed by atoms with Crippen LogP contribution in [0.1, 0.15) is 25.1 Å². The number of benzene rings is 1. The molecule has 0 bridgehead atoms. The number of methoxy groups -OCH3 is 1. The standard InChI is InChI=1S/C19H18N4O3S/c1-11(24)22-23-16(13-5-3-4-8-20-13)10-15-18(19(23)25)27-17-9-12(26-2)6-7-14(17)21-15/h3-9,16,21H,10H2,1-2H3,(H,22,24). The Morgan fingerprint density at radius 2 is 2.22 bits per heavy atom. The lowest BCUT2D eigenvalue weighted by Crippen LogP contribution is -2.51. The molecule has 138 valence electrons. The molecule has 1 atom stereocenters. The van der Waals surface area contributed by atoms with Crippen molar-refractivity contribution in [2.75, 3.05) is 12.4 Å². The molecule has 0 saturated heterocycles. The number of carbonyl (C=O) groups excluding carboxylic acids is 2. The van der Waals surface area contributed by atoms with Gasteiger partial charge in [0.05, 0.1) is 23.4 Å². The molecular weight excluding hydrogens is 364 g/mol. The van der Waals surface area contributed by atoms with E-state index < -0.39 is 0 Å². The highest BCUT2D eigenvalue weighted by atomic mass is 32.2. The van der Waals surface area contributed by atoms with Crippen LogP contribution >= 0.6 is 11.8 Å². The first kappa shape index (κ1) is 17.4. The molecule has 1 unspecified atom stereocenters. The summed E-state index contributed by atoms with van der Waals surface area (Å²) in [6.07, 6.45) is 2.21. The molecule has 2 aliphatic heterocycles. The smallest absolute Gasteiger partial charge is 0.281 e. The SMILES string of the molecule is COc1ccc2c(c1)SC1=C(CC(c3ccccn3)N(NC(C)=O)C1=O)N2. The van der Waals surface area contributed by atoms with Crippen LogP contribution in [0, 0.1) is 0 Å². The number of ether oxygens (including phenoxy) is 1. The van der Waals surface area contributed by atoms with E-state index in [1.807, 2.05) is 36.4 Å². The Labute approximate surface area is 160 Å². The molecule has 0 fully saturated rings. The van der Waals surface area contributed by atoms with Gasteiger partial charge in [0.15, 0.2) is 0 Å². The second-order valence-electron chi connectivity index (χ2n) is 6.21. The van der Waals surface area contributed by atoms with Crippen LogP contribution in [0.15, 0.2) is 58.1 Å². The number of nitrogens with one attached hydrogen (secondary N) is 2. The highest BCUT2D eigenvalue weighted by Crippen LogP contribution is 2.47. The Hall–Kier alpha value is -3.00. The maximum absolute atomic E-state index is 13.2. The molecule has 7 nitrogen and oxygen atoms in total. The maximum Gasteiger partial charge on any atom is 0.281 e. The van der Waals surface area contributed by atoms with E-state index >= 15 is 0 Å². The lowest BCUT2D eigenvalue weighted by atomic mass is 10.0. The van der Waals surface area contributed by atoms with Gasteiger partial charge < -0.3 is 10.1 Å². The van der Waals surface area contributed by atoms with Crippen molar-refractivity contribution in [2.24, 2.45) is 0 Å². The maximum atomic E-state index is 13.2. The molecule has 1 aromatic heterocycles. The Kier molecular flexibility index (Phi) is 4.49. The van der Waals surface area contributed by atoms with Gasteiger partial charge in [0, 0.05) is 30.1 Å². The van der Waals surface area contributed by atoms with Crippen molar-refractivity contribution in [3.63, 3.8) is 0 Å². The van der Waals surface area contributed by atoms with Gasteiger partial charge >= 0.3 is 0 Å². The summed E-state index contributed by atoms with van der Waals surface area (Å²) in [6.45, 7) is 1.39. The molecule has 4 rings (SSSR count). The Morgan fingerprint density at radius 1 is 1.37 bits per heavy atom. The van der Waals surface area contributed by atoms with Gasteiger partial charge in [-0.3, -0.25) is 20.0 Å². The van der Waals surface area contributed by atoms with Crippen LogP contribution < -0.4 is 15.5 Å². The molecule has 2 amide bonds. The molecule has 0 radical (unpaired) electrons. The van der Waals surface area contributed by atoms with E-state index in [4.69, 9.17) is 4.74 Å². The number of carbonyl (C=O) groups is 2. The lowest BCUT2D eigenvalue weighted by Gasteiger charge is -2.38. The minimum absolute atomic E-state index is 0.256. The van der Waals surface area contributed by atoms with Crippen molar-refractivity contribution >= 4 is 29.3 Å². The van der Waals surface area contributed by atoms with Crippen molar-refractivity contribution < 1.29 is 14.3 Å². The largest absolute Gasteiger partial charge is 0.497 e. The first-order chi connectivity index (χ1) is 13.1. The van der Waals surface area contributed by atoms with Crippen molar-refractivity contribution in [2.45, 2.75) is 24.3 Å². The summed E-state index contributed by atoms with van der Waals surface area (Å²) >= 11 is 1.38. The number of hydrazine groups is 1. The molecule has 0 aliphatic carbocycles. The summed E-state index contributed by atoms with van der Waals surface area (Å²) in [5.74, 6) is 0.165. The molecule has 27 heavy (non-hydrogen) atoms. The topological polar surface area (TPSA) is 83.6 Å². The number of fused-ring (bicyclic) bond motifs is 1. The summed E-state index contributed by atoms with van der Waals surface area (Å²) in [6, 6.07) is 10.9. The van der Waals surface area contributed by atoms with Crippen molar-refractivity contribution in [3.05, 3.63) is 58.9 Å². The molecule has 1 aromatic carbocycles. The average Bonchev–Trinajstić information content (AvgIpc) is 2.69. The molecule has 8 heteroatoms. The van der Waals surface area contributed by atoms with Gasteiger partial charge in [-0.15, -0.1) is 0 Å². The van der Waals surface area contributed by atoms with Gasteiger partial charge in [-0.2, -0.15) is 0 Å². The first-order valence-corrected chi connectivity index (χ1v) is 9.26. The molecule has 0 spiro atoms. The predicted molar refractivity (Wildman–Crippen MR) is 102 cm³/mol. The molecule has 3 heterocycles. The van der Waals surface area contributed by atoms with Crippen LogP contribution in [0.4, 0.5) is 5.69 Å². The van der Waals surface area contributed by atoms with Gasteiger partial charge in [0.1, 0.15) is 11.8 Å². The van der Waals surface area contributed by atoms with E-state index in [1.165, 1.54) is 23.7 Å². The number of hydrogen-bond acceptors (Lipinski definition) is 6. The Morgan fingerprint density at radius 3 is 2.93 bits per heavy atom. The fourth-order valence-corrected chi connectivity index (χ4v) is 4.24. The van der Waals surface area contributed by atoms with Crippen LogP contribution in [0.2, 0.25) is 0 Å². The zero-order valence-corrected chi connectivity index (χ0v) is 15.7. The number of amides is 2. The van der Waals surface area contributed by atoms with E-state index in [1.54, 1.807) is 13.3 Å². The van der Waals surface area contributed by atoms with Gasteiger partial charge in [-0.05, 0) is 30.3 Å². The van der Waals surface area contributed by atoms with E-state index in [2.05, 4.69) is 15.7 Å². The molecule has 2 aromatic rings. The minimum atomic E-state index is -0.380. The van der Waals surface area contributed by atoms with E-state index in [9.17, 15) is 9.59 Å². The zero-order chi connectivity index (χ0) is 19.0. The third kappa shape index (κ3) is 3.23.